The Morgan fingerprint density at radius 1 is 1.10 bits per heavy atom. The van der Waals surface area contributed by atoms with E-state index < -0.39 is 37.1 Å². The van der Waals surface area contributed by atoms with E-state index in [4.69, 9.17) is 4.74 Å². The second-order valence-electron chi connectivity index (χ2n) is 8.16. The van der Waals surface area contributed by atoms with E-state index in [1.807, 2.05) is 12.1 Å². The van der Waals surface area contributed by atoms with Gasteiger partial charge >= 0.3 is 6.18 Å². The molecule has 0 spiro atoms. The number of benzene rings is 2. The average Bonchev–Trinajstić information content (AvgIpc) is 3.09. The molecule has 0 N–H and O–H groups in total. The topological polar surface area (TPSA) is 63.7 Å². The fraction of sp³-hybridized carbons (Fsp3) is 0.409. The van der Waals surface area contributed by atoms with Crippen molar-refractivity contribution < 1.29 is 31.1 Å². The summed E-state index contributed by atoms with van der Waals surface area (Å²) in [4.78, 5) is 13.7. The molecular weight excluding hydrogens is 431 g/mol. The highest BCUT2D eigenvalue weighted by Gasteiger charge is 2.48. The van der Waals surface area contributed by atoms with Crippen LogP contribution in [0.3, 0.4) is 0 Å². The first kappa shape index (κ1) is 23.1. The van der Waals surface area contributed by atoms with Crippen molar-refractivity contribution in [2.24, 2.45) is 5.92 Å². The Morgan fingerprint density at radius 2 is 1.74 bits per heavy atom. The molecule has 0 aliphatic carbocycles. The van der Waals surface area contributed by atoms with Gasteiger partial charge in [-0.25, -0.2) is 8.42 Å². The number of methoxy groups -OCH3 is 1. The van der Waals surface area contributed by atoms with Crippen molar-refractivity contribution in [1.29, 1.82) is 0 Å². The van der Waals surface area contributed by atoms with E-state index in [1.54, 1.807) is 24.1 Å². The summed E-state index contributed by atoms with van der Waals surface area (Å²) in [5, 5.41) is 0. The van der Waals surface area contributed by atoms with Crippen LogP contribution in [0.5, 0.6) is 5.75 Å². The number of likely N-dealkylation sites (tertiary alicyclic amines) is 1. The summed E-state index contributed by atoms with van der Waals surface area (Å²) in [6.07, 6.45) is -4.63. The van der Waals surface area contributed by atoms with Crippen LogP contribution >= 0.6 is 0 Å². The van der Waals surface area contributed by atoms with E-state index in [0.717, 1.165) is 23.8 Å². The van der Waals surface area contributed by atoms with Gasteiger partial charge < -0.3 is 9.64 Å². The van der Waals surface area contributed by atoms with E-state index >= 15 is 0 Å². The predicted molar refractivity (Wildman–Crippen MR) is 109 cm³/mol. The number of sulfone groups is 1. The molecule has 0 saturated carbocycles. The Labute approximate surface area is 179 Å². The summed E-state index contributed by atoms with van der Waals surface area (Å²) in [7, 11) is -2.58. The lowest BCUT2D eigenvalue weighted by atomic mass is 9.94. The van der Waals surface area contributed by atoms with Gasteiger partial charge in [-0.05, 0) is 49.7 Å². The fourth-order valence-corrected chi connectivity index (χ4v) is 5.45. The molecule has 2 aromatic rings. The van der Waals surface area contributed by atoms with Crippen molar-refractivity contribution in [1.82, 2.24) is 4.90 Å². The van der Waals surface area contributed by atoms with E-state index in [-0.39, 0.29) is 18.9 Å². The lowest BCUT2D eigenvalue weighted by Gasteiger charge is -2.31. The van der Waals surface area contributed by atoms with Gasteiger partial charge in [0.15, 0.2) is 9.84 Å². The van der Waals surface area contributed by atoms with Gasteiger partial charge in [0.1, 0.15) is 5.75 Å². The van der Waals surface area contributed by atoms with Crippen LogP contribution in [0.4, 0.5) is 13.2 Å². The molecule has 2 aromatic carbocycles. The van der Waals surface area contributed by atoms with Crippen LogP contribution in [0, 0.1) is 5.92 Å². The first-order valence-electron chi connectivity index (χ1n) is 9.69. The molecule has 0 unspecified atom stereocenters. The quantitative estimate of drug-likeness (QED) is 0.651. The third-order valence-corrected chi connectivity index (χ3v) is 8.49. The van der Waals surface area contributed by atoms with Gasteiger partial charge in [-0.2, -0.15) is 13.2 Å². The number of ether oxygens (including phenoxy) is 1. The van der Waals surface area contributed by atoms with Crippen molar-refractivity contribution >= 4 is 15.7 Å². The molecule has 1 amide bonds. The largest absolute Gasteiger partial charge is 0.497 e. The number of amides is 1. The van der Waals surface area contributed by atoms with Gasteiger partial charge in [0.2, 0.25) is 5.91 Å². The van der Waals surface area contributed by atoms with Crippen LogP contribution in [-0.2, 0) is 27.4 Å². The summed E-state index contributed by atoms with van der Waals surface area (Å²) in [5.74, 6) is -0.0615. The average molecular weight is 455 g/mol. The Kier molecular flexibility index (Phi) is 6.10. The Hall–Kier alpha value is -2.55. The summed E-state index contributed by atoms with van der Waals surface area (Å²) in [6.45, 7) is 3.46. The van der Waals surface area contributed by atoms with Gasteiger partial charge in [-0.1, -0.05) is 18.2 Å². The molecule has 0 radical (unpaired) electrons. The molecule has 5 nitrogen and oxygen atoms in total. The maximum atomic E-state index is 13.3. The molecule has 31 heavy (non-hydrogen) atoms. The summed E-state index contributed by atoms with van der Waals surface area (Å²) < 4.78 is 69.4. The zero-order valence-corrected chi connectivity index (χ0v) is 18.3. The lowest BCUT2D eigenvalue weighted by molar-refractivity contribution is -0.137. The van der Waals surface area contributed by atoms with E-state index in [0.29, 0.717) is 18.4 Å². The summed E-state index contributed by atoms with van der Waals surface area (Å²) >= 11 is 0. The number of alkyl halides is 3. The standard InChI is InChI=1S/C22H24F3NO4S/c1-21(2,31(28,29)19-6-4-5-16(11-19)22(23,24)25)17-12-20(27)26(14-17)13-15-7-9-18(30-3)10-8-15/h4-11,17H,12-14H2,1-3H3/t17-/m0/s1. The zero-order chi connectivity index (χ0) is 23.0. The van der Waals surface area contributed by atoms with E-state index in [9.17, 15) is 26.4 Å². The number of hydrogen-bond acceptors (Lipinski definition) is 4. The fourth-order valence-electron chi connectivity index (χ4n) is 3.70. The second-order valence-corrected chi connectivity index (χ2v) is 10.7. The van der Waals surface area contributed by atoms with Gasteiger partial charge in [0.05, 0.1) is 22.3 Å². The van der Waals surface area contributed by atoms with Crippen LogP contribution in [0.1, 0.15) is 31.4 Å². The highest BCUT2D eigenvalue weighted by atomic mass is 32.2. The number of rotatable bonds is 6. The van der Waals surface area contributed by atoms with Crippen LogP contribution in [0.2, 0.25) is 0 Å². The Bertz CT molecular complexity index is 1060. The van der Waals surface area contributed by atoms with E-state index in [1.165, 1.54) is 13.8 Å². The molecule has 1 aliphatic heterocycles. The van der Waals surface area contributed by atoms with Crippen LogP contribution in [-0.4, -0.2) is 37.6 Å². The molecule has 9 heteroatoms. The SMILES string of the molecule is COc1ccc(CN2C[C@@H](C(C)(C)S(=O)(=O)c3cccc(C(F)(F)F)c3)CC2=O)cc1. The molecule has 1 saturated heterocycles. The zero-order valence-electron chi connectivity index (χ0n) is 17.4. The minimum atomic E-state index is -4.64. The monoisotopic (exact) mass is 455 g/mol. The maximum Gasteiger partial charge on any atom is 0.416 e. The van der Waals surface area contributed by atoms with Gasteiger partial charge in [-0.3, -0.25) is 4.79 Å². The third-order valence-electron chi connectivity index (χ3n) is 5.89. The molecule has 1 aliphatic rings. The molecule has 168 valence electrons. The summed E-state index contributed by atoms with van der Waals surface area (Å²) in [5.41, 5.74) is -0.152. The first-order valence-corrected chi connectivity index (χ1v) is 11.2. The van der Waals surface area contributed by atoms with Gasteiger partial charge in [0, 0.05) is 25.4 Å². The van der Waals surface area contributed by atoms with Gasteiger partial charge in [0.25, 0.3) is 0 Å². The highest BCUT2D eigenvalue weighted by Crippen LogP contribution is 2.39. The molecular formula is C22H24F3NO4S. The minimum absolute atomic E-state index is 0.0152. The van der Waals surface area contributed by atoms with Crippen molar-refractivity contribution in [3.05, 3.63) is 59.7 Å². The van der Waals surface area contributed by atoms with Crippen LogP contribution < -0.4 is 4.74 Å². The normalized spacial score (nSPS) is 17.8. The van der Waals surface area contributed by atoms with Crippen molar-refractivity contribution in [3.8, 4) is 5.75 Å². The smallest absolute Gasteiger partial charge is 0.416 e. The first-order chi connectivity index (χ1) is 14.4. The second kappa shape index (κ2) is 8.18. The molecule has 0 aromatic heterocycles. The predicted octanol–water partition coefficient (Wildman–Crippen LogP) is 4.32. The molecule has 1 heterocycles. The van der Waals surface area contributed by atoms with Crippen molar-refractivity contribution in [2.75, 3.05) is 13.7 Å². The number of nitrogens with zero attached hydrogens (tertiary/aromatic N) is 1. The Morgan fingerprint density at radius 3 is 2.32 bits per heavy atom. The number of hydrogen-bond donors (Lipinski definition) is 0. The van der Waals surface area contributed by atoms with Crippen LogP contribution in [0.15, 0.2) is 53.4 Å². The van der Waals surface area contributed by atoms with Crippen molar-refractivity contribution in [2.45, 2.75) is 42.6 Å². The molecule has 3 rings (SSSR count). The van der Waals surface area contributed by atoms with Crippen LogP contribution in [0.25, 0.3) is 0 Å². The summed E-state index contributed by atoms with van der Waals surface area (Å²) in [6, 6.07) is 10.9. The Balaban J connectivity index is 1.82. The van der Waals surface area contributed by atoms with E-state index in [2.05, 4.69) is 0 Å². The minimum Gasteiger partial charge on any atom is -0.497 e. The molecule has 0 bridgehead atoms. The highest BCUT2D eigenvalue weighted by molar-refractivity contribution is 7.92. The number of carbonyl (C=O) groups is 1. The van der Waals surface area contributed by atoms with Crippen molar-refractivity contribution in [3.63, 3.8) is 0 Å². The van der Waals surface area contributed by atoms with Gasteiger partial charge in [-0.15, -0.1) is 0 Å². The number of halogens is 3. The lowest BCUT2D eigenvalue weighted by Crippen LogP contribution is -2.41. The molecule has 1 atom stereocenters. The number of carbonyl (C=O) groups excluding carboxylic acids is 1. The molecule has 1 fully saturated rings. The maximum absolute atomic E-state index is 13.3. The third kappa shape index (κ3) is 4.56.